The Morgan fingerprint density at radius 3 is 1.68 bits per heavy atom. The zero-order valence-electron chi connectivity index (χ0n) is 33.6. The van der Waals surface area contributed by atoms with Gasteiger partial charge in [0.05, 0.1) is 18.8 Å². The first-order chi connectivity index (χ1) is 28.2. The van der Waals surface area contributed by atoms with E-state index >= 15 is 0 Å². The van der Waals surface area contributed by atoms with Gasteiger partial charge in [-0.15, -0.1) is 0 Å². The summed E-state index contributed by atoms with van der Waals surface area (Å²) < 4.78 is 6.57. The van der Waals surface area contributed by atoms with E-state index in [2.05, 4.69) is 175 Å². The Hall–Kier alpha value is -4.83. The first-order valence-electron chi connectivity index (χ1n) is 21.3. The van der Waals surface area contributed by atoms with E-state index in [1.165, 1.54) is 84.2 Å². The van der Waals surface area contributed by atoms with E-state index in [0.29, 0.717) is 37.5 Å². The summed E-state index contributed by atoms with van der Waals surface area (Å²) in [7, 11) is -2.11. The molecule has 57 heavy (non-hydrogen) atoms. The molecule has 0 bridgehead atoms. The number of hydrogen-bond acceptors (Lipinski definition) is 4. The standard InChI is InChI=1S/C30H38N2O.C22H22NP/c31-21-9-3-1-2-8-14-28-29(32-22-10-5-11-23-32)19-20-30(28)33-24-25-15-17-27(18-16-25)26-12-6-4-7-13-26;23-18-10-11-19-24(20-12-4-1-5-13-20,21-14-6-2-7-15-21)22-16-8-3-9-17-22/h1-2,4,6-7,12-13,15-18,28-30H,3,5,8-11,14,19-20,22-24H2;1-9,12-17,24H,10-11,19H2/b2-1-;/t28-,29+,30+;/m1./s1. The van der Waals surface area contributed by atoms with Crippen LogP contribution in [0.5, 0.6) is 0 Å². The van der Waals surface area contributed by atoms with Crippen molar-refractivity contribution >= 4 is 23.2 Å². The van der Waals surface area contributed by atoms with Gasteiger partial charge in [-0.3, -0.25) is 0 Å². The van der Waals surface area contributed by atoms with E-state index in [1.54, 1.807) is 0 Å². The fourth-order valence-electron chi connectivity index (χ4n) is 9.13. The molecule has 1 saturated heterocycles. The summed E-state index contributed by atoms with van der Waals surface area (Å²) in [6, 6.07) is 57.2. The van der Waals surface area contributed by atoms with Gasteiger partial charge in [-0.1, -0.05) is 73.2 Å². The third-order valence-electron chi connectivity index (χ3n) is 12.0. The van der Waals surface area contributed by atoms with Crippen LogP contribution in [0.4, 0.5) is 0 Å². The molecule has 0 N–H and O–H groups in total. The second-order valence-electron chi connectivity index (χ2n) is 15.6. The van der Waals surface area contributed by atoms with Crippen molar-refractivity contribution in [1.82, 2.24) is 4.90 Å². The number of unbranched alkanes of at least 4 members (excludes halogenated alkanes) is 2. The Balaban J connectivity index is 0.000000203. The molecule has 5 heteroatoms. The maximum absolute atomic E-state index is 9.04. The Morgan fingerprint density at radius 2 is 1.12 bits per heavy atom. The van der Waals surface area contributed by atoms with Crippen molar-refractivity contribution in [2.75, 3.05) is 19.3 Å². The van der Waals surface area contributed by atoms with Crippen LogP contribution in [-0.4, -0.2) is 36.3 Å². The Labute approximate surface area is 343 Å². The third-order valence-corrected chi connectivity index (χ3v) is 17.1. The molecule has 5 aromatic rings. The second-order valence-corrected chi connectivity index (χ2v) is 19.6. The van der Waals surface area contributed by atoms with Crippen LogP contribution in [0.15, 0.2) is 158 Å². The van der Waals surface area contributed by atoms with Gasteiger partial charge in [-0.25, -0.2) is 0 Å². The van der Waals surface area contributed by atoms with Crippen molar-refractivity contribution < 1.29 is 4.74 Å². The predicted octanol–water partition coefficient (Wildman–Crippen LogP) is 11.2. The molecule has 0 spiro atoms. The fourth-order valence-corrected chi connectivity index (χ4v) is 14.0. The second kappa shape index (κ2) is 22.8. The number of hydrogen-bond donors (Lipinski definition) is 0. The SMILES string of the molecule is N#CCC/C=C\CC[C@H]1[C@@H](OCc2ccc(-c3ccccc3)cc2)CC[C@@H]1N1CCCCC1.N#CCCC[PH](c1ccccc1)(c1ccccc1)c1ccccc1. The topological polar surface area (TPSA) is 60.0 Å². The van der Waals surface area contributed by atoms with E-state index < -0.39 is 7.26 Å². The molecule has 1 heterocycles. The predicted molar refractivity (Wildman–Crippen MR) is 242 cm³/mol. The van der Waals surface area contributed by atoms with Crippen LogP contribution < -0.4 is 15.9 Å². The molecular formula is C52H60N3OP. The summed E-state index contributed by atoms with van der Waals surface area (Å²) in [6.45, 7) is 3.21. The van der Waals surface area contributed by atoms with Crippen LogP contribution in [0.2, 0.25) is 0 Å². The number of ether oxygens (including phenoxy) is 1. The molecule has 0 unspecified atom stereocenters. The Kier molecular flexibility index (Phi) is 16.7. The zero-order chi connectivity index (χ0) is 39.4. The van der Waals surface area contributed by atoms with Gasteiger partial charge in [0.1, 0.15) is 0 Å². The van der Waals surface area contributed by atoms with Gasteiger partial charge in [0.15, 0.2) is 0 Å². The van der Waals surface area contributed by atoms with Crippen molar-refractivity contribution in [1.29, 1.82) is 10.5 Å². The summed E-state index contributed by atoms with van der Waals surface area (Å²) in [5.41, 5.74) is 3.77. The first-order valence-corrected chi connectivity index (χ1v) is 23.5. The number of nitriles is 2. The molecule has 1 aliphatic heterocycles. The number of piperidine rings is 1. The minimum absolute atomic E-state index is 0.346. The molecule has 7 rings (SSSR count). The Bertz CT molecular complexity index is 1890. The molecule has 0 radical (unpaired) electrons. The average molecular weight is 774 g/mol. The number of allylic oxidation sites excluding steroid dienone is 2. The molecule has 0 amide bonds. The van der Waals surface area contributed by atoms with Crippen LogP contribution >= 0.6 is 7.26 Å². The molecule has 0 aromatic heterocycles. The van der Waals surface area contributed by atoms with E-state index in [9.17, 15) is 0 Å². The number of benzene rings is 5. The molecule has 2 fully saturated rings. The summed E-state index contributed by atoms with van der Waals surface area (Å²) in [5, 5.41) is 22.0. The average Bonchev–Trinajstić information content (AvgIpc) is 3.70. The van der Waals surface area contributed by atoms with Crippen LogP contribution in [0, 0.1) is 28.6 Å². The van der Waals surface area contributed by atoms with Crippen LogP contribution in [0.25, 0.3) is 11.1 Å². The van der Waals surface area contributed by atoms with Gasteiger partial charge in [-0.2, -0.15) is 5.26 Å². The zero-order valence-corrected chi connectivity index (χ0v) is 34.6. The van der Waals surface area contributed by atoms with Gasteiger partial charge >= 0.3 is 145 Å². The van der Waals surface area contributed by atoms with Gasteiger partial charge < -0.3 is 9.64 Å². The van der Waals surface area contributed by atoms with Gasteiger partial charge in [0, 0.05) is 18.4 Å². The molecule has 5 aromatic carbocycles. The van der Waals surface area contributed by atoms with E-state index in [0.717, 1.165) is 25.4 Å². The number of likely N-dealkylation sites (tertiary alicyclic amines) is 1. The van der Waals surface area contributed by atoms with Crippen LogP contribution in [0.3, 0.4) is 0 Å². The van der Waals surface area contributed by atoms with Crippen molar-refractivity contribution in [3.63, 3.8) is 0 Å². The van der Waals surface area contributed by atoms with Gasteiger partial charge in [0.25, 0.3) is 0 Å². The van der Waals surface area contributed by atoms with Crippen LogP contribution in [-0.2, 0) is 11.3 Å². The van der Waals surface area contributed by atoms with Gasteiger partial charge in [-0.05, 0) is 74.7 Å². The summed E-state index contributed by atoms with van der Waals surface area (Å²) in [6.07, 6.45) is 17.7. The normalized spacial score (nSPS) is 18.6. The number of rotatable bonds is 16. The monoisotopic (exact) mass is 773 g/mol. The van der Waals surface area contributed by atoms with E-state index in [4.69, 9.17) is 15.3 Å². The number of nitrogens with zero attached hydrogens (tertiary/aromatic N) is 3. The van der Waals surface area contributed by atoms with Crippen LogP contribution in [0.1, 0.15) is 76.2 Å². The first kappa shape index (κ1) is 41.8. The minimum atomic E-state index is -2.11. The van der Waals surface area contributed by atoms with Crippen molar-refractivity contribution in [2.24, 2.45) is 5.92 Å². The van der Waals surface area contributed by atoms with E-state index in [-0.39, 0.29) is 0 Å². The van der Waals surface area contributed by atoms with Crippen molar-refractivity contribution in [3.05, 3.63) is 163 Å². The maximum atomic E-state index is 9.04. The van der Waals surface area contributed by atoms with Crippen molar-refractivity contribution in [3.8, 4) is 23.3 Å². The summed E-state index contributed by atoms with van der Waals surface area (Å²) in [4.78, 5) is 2.76. The molecular weight excluding hydrogens is 714 g/mol. The van der Waals surface area contributed by atoms with E-state index in [1.807, 2.05) is 0 Å². The quantitative estimate of drug-likeness (QED) is 0.0569. The molecule has 1 aliphatic carbocycles. The molecule has 4 nitrogen and oxygen atoms in total. The fraction of sp³-hybridized carbons (Fsp3) is 0.346. The Morgan fingerprint density at radius 1 is 0.596 bits per heavy atom. The molecule has 3 atom stereocenters. The molecule has 2 aliphatic rings. The van der Waals surface area contributed by atoms with Crippen molar-refractivity contribution in [2.45, 2.75) is 89.4 Å². The molecule has 294 valence electrons. The molecule has 1 saturated carbocycles. The summed E-state index contributed by atoms with van der Waals surface area (Å²) >= 11 is 0. The summed E-state index contributed by atoms with van der Waals surface area (Å²) in [5.74, 6) is 0.604. The van der Waals surface area contributed by atoms with Gasteiger partial charge in [0.2, 0.25) is 0 Å². The third kappa shape index (κ3) is 11.6.